The van der Waals surface area contributed by atoms with Crippen LogP contribution in [0, 0.1) is 0 Å². The van der Waals surface area contributed by atoms with Gasteiger partial charge in [0.15, 0.2) is 0 Å². The van der Waals surface area contributed by atoms with Crippen LogP contribution in [0.15, 0.2) is 0 Å². The van der Waals surface area contributed by atoms with E-state index >= 15 is 0 Å². The molecule has 7 nitrogen and oxygen atoms in total. The molecule has 1 atom stereocenters. The summed E-state index contributed by atoms with van der Waals surface area (Å²) in [6.07, 6.45) is -0.560. The van der Waals surface area contributed by atoms with Crippen LogP contribution < -0.4 is 0 Å². The van der Waals surface area contributed by atoms with Crippen molar-refractivity contribution in [3.8, 4) is 0 Å². The van der Waals surface area contributed by atoms with Crippen LogP contribution in [0.4, 0.5) is 0 Å². The lowest BCUT2D eigenvalue weighted by molar-refractivity contribution is 0.110. The molecule has 0 heterocycles. The Morgan fingerprint density at radius 3 is 1.00 bits per heavy atom. The Kier molecular flexibility index (Phi) is 52.6. The molecule has 0 aromatic rings. The van der Waals surface area contributed by atoms with Crippen molar-refractivity contribution < 1.29 is 35.4 Å². The second kappa shape index (κ2) is 36.0. The number of hydrogen-bond acceptors (Lipinski definition) is 7. The fourth-order valence-corrected chi connectivity index (χ4v) is 0.204. The second-order valence-electron chi connectivity index (χ2n) is 2.71. The molecule has 6 N–H and O–H groups in total. The average Bonchev–Trinajstić information content (AvgIpc) is 2.40. The predicted octanol–water partition coefficient (Wildman–Crippen LogP) is -1.66. The Labute approximate surface area is 109 Å². The molecule has 0 spiro atoms. The van der Waals surface area contributed by atoms with E-state index in [1.54, 1.807) is 0 Å². The zero-order valence-corrected chi connectivity index (χ0v) is 11.6. The molecule has 0 aliphatic carbocycles. The molecule has 0 fully saturated rings. The minimum Gasteiger partial charge on any atom is -0.394 e. The molecular formula is C11H30O7. The standard InChI is InChI=1S/C4H10O.C3H8O2.2C2H6O2/c1-3-5-4-2;1-3(5)2-4;2*3-1-2-4/h3-4H2,1-2H3;3-5H,2H2,1H3;2*3-4H,1-2H2. The van der Waals surface area contributed by atoms with Gasteiger partial charge < -0.3 is 35.4 Å². The first-order chi connectivity index (χ1) is 8.51. The Hall–Kier alpha value is -0.280. The minimum atomic E-state index is -0.560. The number of rotatable bonds is 5. The maximum Gasteiger partial charge on any atom is 0.0742 e. The molecule has 0 amide bonds. The maximum absolute atomic E-state index is 8.11. The first-order valence-corrected chi connectivity index (χ1v) is 5.82. The summed E-state index contributed by atoms with van der Waals surface area (Å²) in [4.78, 5) is 0. The van der Waals surface area contributed by atoms with E-state index < -0.39 is 6.10 Å². The van der Waals surface area contributed by atoms with Crippen LogP contribution in [0.2, 0.25) is 0 Å². The zero-order valence-electron chi connectivity index (χ0n) is 11.6. The smallest absolute Gasteiger partial charge is 0.0742 e. The van der Waals surface area contributed by atoms with Crippen LogP contribution in [-0.2, 0) is 4.74 Å². The summed E-state index contributed by atoms with van der Waals surface area (Å²) in [6, 6.07) is 0. The summed E-state index contributed by atoms with van der Waals surface area (Å²) in [5.41, 5.74) is 0. The minimum absolute atomic E-state index is 0.125. The SMILES string of the molecule is CC(O)CO.CCOCC.OCCO.OCCO. The molecule has 0 aliphatic rings. The summed E-state index contributed by atoms with van der Waals surface area (Å²) in [5.74, 6) is 0. The van der Waals surface area contributed by atoms with Gasteiger partial charge in [-0.1, -0.05) is 0 Å². The van der Waals surface area contributed by atoms with E-state index in [-0.39, 0.29) is 33.0 Å². The van der Waals surface area contributed by atoms with Gasteiger partial charge in [-0.05, 0) is 20.8 Å². The Morgan fingerprint density at radius 2 is 1.00 bits per heavy atom. The van der Waals surface area contributed by atoms with Gasteiger partial charge in [-0.15, -0.1) is 0 Å². The van der Waals surface area contributed by atoms with Crippen LogP contribution in [0.3, 0.4) is 0 Å². The molecule has 0 radical (unpaired) electrons. The van der Waals surface area contributed by atoms with E-state index in [0.29, 0.717) is 0 Å². The zero-order chi connectivity index (χ0) is 15.2. The Bertz CT molecular complexity index is 81.5. The molecule has 0 aromatic heterocycles. The van der Waals surface area contributed by atoms with Crippen molar-refractivity contribution in [3.05, 3.63) is 0 Å². The topological polar surface area (TPSA) is 131 Å². The van der Waals surface area contributed by atoms with Gasteiger partial charge >= 0.3 is 0 Å². The fraction of sp³-hybridized carbons (Fsp3) is 1.00. The highest BCUT2D eigenvalue weighted by atomic mass is 16.5. The van der Waals surface area contributed by atoms with Gasteiger partial charge in [-0.25, -0.2) is 0 Å². The summed E-state index contributed by atoms with van der Waals surface area (Å²) < 4.78 is 4.83. The van der Waals surface area contributed by atoms with E-state index in [1.165, 1.54) is 6.92 Å². The van der Waals surface area contributed by atoms with Gasteiger partial charge in [0.1, 0.15) is 0 Å². The highest BCUT2D eigenvalue weighted by Gasteiger charge is 1.83. The number of aliphatic hydroxyl groups is 6. The second-order valence-corrected chi connectivity index (χ2v) is 2.71. The van der Waals surface area contributed by atoms with Gasteiger partial charge in [0, 0.05) is 13.2 Å². The van der Waals surface area contributed by atoms with Crippen LogP contribution in [0.1, 0.15) is 20.8 Å². The predicted molar refractivity (Wildman–Crippen MR) is 69.3 cm³/mol. The highest BCUT2D eigenvalue weighted by Crippen LogP contribution is 1.68. The van der Waals surface area contributed by atoms with Crippen LogP contribution in [-0.4, -0.2) is 83.0 Å². The fourth-order valence-electron chi connectivity index (χ4n) is 0.204. The van der Waals surface area contributed by atoms with E-state index in [1.807, 2.05) is 13.8 Å². The first-order valence-electron chi connectivity index (χ1n) is 5.82. The molecule has 116 valence electrons. The lowest BCUT2D eigenvalue weighted by Gasteiger charge is -1.90. The summed E-state index contributed by atoms with van der Waals surface area (Å²) in [5, 5.41) is 46.5. The van der Waals surface area contributed by atoms with Gasteiger partial charge in [-0.3, -0.25) is 0 Å². The molecule has 0 saturated heterocycles. The normalized spacial score (nSPS) is 9.83. The van der Waals surface area contributed by atoms with Crippen molar-refractivity contribution in [2.75, 3.05) is 46.2 Å². The average molecular weight is 274 g/mol. The van der Waals surface area contributed by atoms with Gasteiger partial charge in [0.2, 0.25) is 0 Å². The largest absolute Gasteiger partial charge is 0.394 e. The lowest BCUT2D eigenvalue weighted by Crippen LogP contribution is -2.03. The first kappa shape index (κ1) is 26.3. The van der Waals surface area contributed by atoms with E-state index in [9.17, 15) is 0 Å². The van der Waals surface area contributed by atoms with Crippen molar-refractivity contribution >= 4 is 0 Å². The monoisotopic (exact) mass is 274 g/mol. The van der Waals surface area contributed by atoms with Crippen molar-refractivity contribution in [3.63, 3.8) is 0 Å². The molecule has 7 heteroatoms. The van der Waals surface area contributed by atoms with Crippen molar-refractivity contribution in [1.29, 1.82) is 0 Å². The third-order valence-electron chi connectivity index (χ3n) is 0.872. The summed E-state index contributed by atoms with van der Waals surface area (Å²) in [7, 11) is 0. The number of ether oxygens (including phenoxy) is 1. The van der Waals surface area contributed by atoms with Gasteiger partial charge in [-0.2, -0.15) is 0 Å². The maximum atomic E-state index is 8.11. The Morgan fingerprint density at radius 1 is 0.778 bits per heavy atom. The van der Waals surface area contributed by atoms with Crippen LogP contribution >= 0.6 is 0 Å². The molecular weight excluding hydrogens is 244 g/mol. The van der Waals surface area contributed by atoms with E-state index in [4.69, 9.17) is 35.4 Å². The summed E-state index contributed by atoms with van der Waals surface area (Å²) in [6.45, 7) is 6.56. The molecule has 0 aliphatic heterocycles. The molecule has 0 rings (SSSR count). The molecule has 0 saturated carbocycles. The van der Waals surface area contributed by atoms with E-state index in [2.05, 4.69) is 0 Å². The molecule has 0 aromatic carbocycles. The lowest BCUT2D eigenvalue weighted by atomic mass is 10.5. The number of hydrogen-bond donors (Lipinski definition) is 6. The quantitative estimate of drug-likeness (QED) is 0.354. The van der Waals surface area contributed by atoms with Gasteiger partial charge in [0.25, 0.3) is 0 Å². The van der Waals surface area contributed by atoms with Crippen molar-refractivity contribution in [2.45, 2.75) is 26.9 Å². The van der Waals surface area contributed by atoms with E-state index in [0.717, 1.165) is 13.2 Å². The molecule has 18 heavy (non-hydrogen) atoms. The van der Waals surface area contributed by atoms with Crippen LogP contribution in [0.25, 0.3) is 0 Å². The van der Waals surface area contributed by atoms with Crippen LogP contribution in [0.5, 0.6) is 0 Å². The molecule has 0 bridgehead atoms. The third kappa shape index (κ3) is 104. The Balaban J connectivity index is -0.0000000731. The van der Waals surface area contributed by atoms with Crippen molar-refractivity contribution in [1.82, 2.24) is 0 Å². The van der Waals surface area contributed by atoms with Gasteiger partial charge in [0.05, 0.1) is 39.1 Å². The number of aliphatic hydroxyl groups excluding tert-OH is 6. The van der Waals surface area contributed by atoms with Crippen molar-refractivity contribution in [2.24, 2.45) is 0 Å². The highest BCUT2D eigenvalue weighted by molar-refractivity contribution is 4.34. The molecule has 1 unspecified atom stereocenters. The summed E-state index contributed by atoms with van der Waals surface area (Å²) >= 11 is 0. The third-order valence-corrected chi connectivity index (χ3v) is 0.872.